The second kappa shape index (κ2) is 10.7. The number of nitrogens with one attached hydrogen (secondary N) is 2. The molecule has 222 valence electrons. The molecule has 0 spiro atoms. The fraction of sp³-hybridized carbons (Fsp3) is 0.886. The highest BCUT2D eigenvalue weighted by Crippen LogP contribution is 2.76. The maximum atomic E-state index is 4.02. The van der Waals surface area contributed by atoms with Crippen LogP contribution in [0.4, 0.5) is 0 Å². The van der Waals surface area contributed by atoms with Gasteiger partial charge in [0.05, 0.1) is 5.66 Å². The number of aromatic nitrogens is 1. The van der Waals surface area contributed by atoms with Gasteiger partial charge in [-0.1, -0.05) is 38.5 Å². The van der Waals surface area contributed by atoms with Crippen LogP contribution in [-0.2, 0) is 5.41 Å². The number of rotatable bonds is 7. The minimum absolute atomic E-state index is 0.159. The number of hydrazine groups is 1. The van der Waals surface area contributed by atoms with Crippen molar-refractivity contribution >= 4 is 0 Å². The molecule has 3 aliphatic heterocycles. The number of piperazine rings is 1. The minimum Gasteiger partial charge on any atom is -0.365 e. The zero-order chi connectivity index (χ0) is 26.6. The molecule has 4 aliphatic carbocycles. The van der Waals surface area contributed by atoms with Crippen molar-refractivity contribution < 1.29 is 0 Å². The number of nitrogens with zero attached hydrogens (tertiary/aromatic N) is 3. The topological polar surface area (TPSA) is 37.5 Å². The Kier molecular flexibility index (Phi) is 7.14. The fourth-order valence-electron chi connectivity index (χ4n) is 12.5. The summed E-state index contributed by atoms with van der Waals surface area (Å²) in [5.74, 6) is 3.42. The van der Waals surface area contributed by atoms with E-state index < -0.39 is 0 Å². The maximum absolute atomic E-state index is 4.02. The van der Waals surface area contributed by atoms with Crippen molar-refractivity contribution in [3.8, 4) is 0 Å². The van der Waals surface area contributed by atoms with Crippen molar-refractivity contribution in [2.45, 2.75) is 120 Å². The summed E-state index contributed by atoms with van der Waals surface area (Å²) < 4.78 is 0. The van der Waals surface area contributed by atoms with Gasteiger partial charge in [-0.2, -0.15) is 0 Å². The molecule has 7 aliphatic rings. The molecule has 3 unspecified atom stereocenters. The lowest BCUT2D eigenvalue weighted by atomic mass is 9.36. The number of H-pyrrole nitrogens is 1. The molecule has 5 heteroatoms. The van der Waals surface area contributed by atoms with Gasteiger partial charge in [-0.25, -0.2) is 10.0 Å². The molecule has 0 aromatic carbocycles. The van der Waals surface area contributed by atoms with E-state index in [1.165, 1.54) is 155 Å². The molecular weight excluding hydrogens is 490 g/mol. The summed E-state index contributed by atoms with van der Waals surface area (Å²) in [6.07, 6.45) is 27.0. The smallest absolute Gasteiger partial charge is 0.0973 e. The minimum atomic E-state index is 0.159. The van der Waals surface area contributed by atoms with Crippen LogP contribution in [0.25, 0.3) is 0 Å². The molecule has 2 N–H and O–H groups in total. The van der Waals surface area contributed by atoms with Crippen LogP contribution >= 0.6 is 0 Å². The van der Waals surface area contributed by atoms with Crippen molar-refractivity contribution in [2.75, 3.05) is 45.8 Å². The number of hydrogen-bond acceptors (Lipinski definition) is 4. The molecule has 4 saturated carbocycles. The molecule has 1 aromatic heterocycles. The second-order valence-electron chi connectivity index (χ2n) is 15.1. The molecule has 40 heavy (non-hydrogen) atoms. The van der Waals surface area contributed by atoms with Gasteiger partial charge in [-0.15, -0.1) is 0 Å². The molecule has 5 nitrogen and oxygen atoms in total. The van der Waals surface area contributed by atoms with Gasteiger partial charge in [-0.3, -0.25) is 4.90 Å². The number of hydrogen-bond donors (Lipinski definition) is 2. The first-order valence-corrected chi connectivity index (χ1v) is 18.0. The van der Waals surface area contributed by atoms with E-state index in [0.29, 0.717) is 10.8 Å². The third-order valence-corrected chi connectivity index (χ3v) is 13.8. The van der Waals surface area contributed by atoms with Crippen LogP contribution in [0, 0.1) is 29.1 Å². The summed E-state index contributed by atoms with van der Waals surface area (Å²) >= 11 is 0. The normalized spacial score (nSPS) is 40.1. The van der Waals surface area contributed by atoms with E-state index in [1.54, 1.807) is 5.69 Å². The molecule has 0 bridgehead atoms. The van der Waals surface area contributed by atoms with Crippen molar-refractivity contribution in [1.82, 2.24) is 25.2 Å². The molecule has 3 atom stereocenters. The average Bonchev–Trinajstić information content (AvgIpc) is 3.41. The molecule has 0 radical (unpaired) electrons. The highest BCUT2D eigenvalue weighted by Gasteiger charge is 2.79. The quantitative estimate of drug-likeness (QED) is 0.407. The van der Waals surface area contributed by atoms with Gasteiger partial charge in [-0.05, 0) is 106 Å². The molecule has 8 rings (SSSR count). The maximum Gasteiger partial charge on any atom is 0.0973 e. The van der Waals surface area contributed by atoms with Crippen LogP contribution in [0.15, 0.2) is 18.3 Å². The predicted octanol–water partition coefficient (Wildman–Crippen LogP) is 6.54. The van der Waals surface area contributed by atoms with Gasteiger partial charge in [0.25, 0.3) is 0 Å². The lowest BCUT2D eigenvalue weighted by Gasteiger charge is -2.78. The first kappa shape index (κ1) is 26.7. The SMILES string of the molecule is c1c[nH]c(C2(C3CC3)CCN(N3CCCC3)C(C3CCCCC3)(N3CCNCC3)C2(C2CCCC2)C2CCC2)c1. The van der Waals surface area contributed by atoms with Crippen molar-refractivity contribution in [1.29, 1.82) is 0 Å². The molecular formula is C35H57N5. The summed E-state index contributed by atoms with van der Waals surface area (Å²) in [4.78, 5) is 7.23. The summed E-state index contributed by atoms with van der Waals surface area (Å²) in [5, 5.41) is 9.99. The van der Waals surface area contributed by atoms with Crippen LogP contribution < -0.4 is 5.32 Å². The van der Waals surface area contributed by atoms with Crippen LogP contribution in [0.5, 0.6) is 0 Å². The summed E-state index contributed by atoms with van der Waals surface area (Å²) in [6.45, 7) is 8.70. The largest absolute Gasteiger partial charge is 0.365 e. The Labute approximate surface area is 244 Å². The van der Waals surface area contributed by atoms with Gasteiger partial charge < -0.3 is 10.3 Å². The standard InChI is InChI=1S/C35H57N5/c1-2-12-31(13-3-1)35(38-26-21-36-22-27-38)34(30-14-8-15-30,29-10-4-5-11-29)33(28-17-18-28,32-16-9-20-37-32)19-25-40(35)39-23-6-7-24-39/h9,16,20,28-31,36-37H,1-8,10-15,17-19,21-27H2. The molecule has 4 heterocycles. The Bertz CT molecular complexity index is 957. The Balaban J connectivity index is 1.45. The lowest BCUT2D eigenvalue weighted by Crippen LogP contribution is -2.86. The van der Waals surface area contributed by atoms with E-state index in [-0.39, 0.29) is 5.66 Å². The zero-order valence-electron chi connectivity index (χ0n) is 25.4. The molecule has 3 saturated heterocycles. The van der Waals surface area contributed by atoms with Crippen molar-refractivity contribution in [3.63, 3.8) is 0 Å². The van der Waals surface area contributed by atoms with E-state index in [1.807, 2.05) is 0 Å². The van der Waals surface area contributed by atoms with Crippen LogP contribution in [0.3, 0.4) is 0 Å². The molecule has 1 aromatic rings. The third kappa shape index (κ3) is 3.65. The van der Waals surface area contributed by atoms with Crippen LogP contribution in [0.1, 0.15) is 115 Å². The zero-order valence-corrected chi connectivity index (χ0v) is 25.4. The number of piperidine rings is 1. The lowest BCUT2D eigenvalue weighted by molar-refractivity contribution is -0.340. The van der Waals surface area contributed by atoms with Gasteiger partial charge in [0.2, 0.25) is 0 Å². The van der Waals surface area contributed by atoms with Crippen LogP contribution in [-0.4, -0.2) is 71.4 Å². The first-order chi connectivity index (χ1) is 19.8. The number of aromatic amines is 1. The summed E-state index contributed by atoms with van der Waals surface area (Å²) in [7, 11) is 0. The van der Waals surface area contributed by atoms with E-state index in [9.17, 15) is 0 Å². The van der Waals surface area contributed by atoms with E-state index in [4.69, 9.17) is 0 Å². The average molecular weight is 548 g/mol. The van der Waals surface area contributed by atoms with E-state index in [0.717, 1.165) is 23.7 Å². The van der Waals surface area contributed by atoms with Gasteiger partial charge in [0, 0.05) is 68.5 Å². The highest BCUT2D eigenvalue weighted by molar-refractivity contribution is 5.37. The van der Waals surface area contributed by atoms with Crippen LogP contribution in [0.2, 0.25) is 0 Å². The Morgan fingerprint density at radius 2 is 1.27 bits per heavy atom. The van der Waals surface area contributed by atoms with Crippen molar-refractivity contribution in [2.24, 2.45) is 29.1 Å². The summed E-state index contributed by atoms with van der Waals surface area (Å²) in [5.41, 5.74) is 2.45. The Morgan fingerprint density at radius 1 is 0.625 bits per heavy atom. The monoisotopic (exact) mass is 547 g/mol. The fourth-order valence-corrected chi connectivity index (χ4v) is 12.5. The van der Waals surface area contributed by atoms with Gasteiger partial charge in [0.15, 0.2) is 0 Å². The van der Waals surface area contributed by atoms with E-state index in [2.05, 4.69) is 43.5 Å². The second-order valence-corrected chi connectivity index (χ2v) is 15.1. The third-order valence-electron chi connectivity index (χ3n) is 13.8. The van der Waals surface area contributed by atoms with E-state index >= 15 is 0 Å². The Morgan fingerprint density at radius 3 is 1.88 bits per heavy atom. The Hall–Kier alpha value is -0.880. The van der Waals surface area contributed by atoms with Crippen molar-refractivity contribution in [3.05, 3.63) is 24.0 Å². The highest BCUT2D eigenvalue weighted by atomic mass is 15.7. The molecule has 0 amide bonds. The summed E-state index contributed by atoms with van der Waals surface area (Å²) in [6, 6.07) is 4.94. The van der Waals surface area contributed by atoms with Gasteiger partial charge in [0.1, 0.15) is 0 Å². The first-order valence-electron chi connectivity index (χ1n) is 18.0. The predicted molar refractivity (Wildman–Crippen MR) is 163 cm³/mol. The molecule has 7 fully saturated rings. The van der Waals surface area contributed by atoms with Gasteiger partial charge >= 0.3 is 0 Å².